The molecule has 0 saturated carbocycles. The van der Waals surface area contributed by atoms with Crippen molar-refractivity contribution in [2.24, 2.45) is 0 Å². The van der Waals surface area contributed by atoms with E-state index in [0.29, 0.717) is 12.4 Å². The first-order valence-corrected chi connectivity index (χ1v) is 3.56. The summed E-state index contributed by atoms with van der Waals surface area (Å²) in [6.07, 6.45) is 4.33. The molecule has 0 aliphatic rings. The van der Waals surface area contributed by atoms with Crippen molar-refractivity contribution in [3.63, 3.8) is 0 Å². The van der Waals surface area contributed by atoms with Gasteiger partial charge in [-0.3, -0.25) is 4.79 Å². The Bertz CT molecular complexity index is 116. The van der Waals surface area contributed by atoms with Crippen LogP contribution in [0.1, 0.15) is 26.7 Å². The van der Waals surface area contributed by atoms with Crippen LogP contribution in [0.15, 0.2) is 11.8 Å². The number of unbranched alkanes of at least 4 members (excludes halogenated alkanes) is 1. The minimum Gasteiger partial charge on any atom is -0.498 e. The van der Waals surface area contributed by atoms with Crippen LogP contribution in [0.2, 0.25) is 0 Å². The topological polar surface area (TPSA) is 26.3 Å². The van der Waals surface area contributed by atoms with Crippen LogP contribution in [-0.4, -0.2) is 12.9 Å². The van der Waals surface area contributed by atoms with Gasteiger partial charge in [-0.1, -0.05) is 13.3 Å². The molecule has 2 heteroatoms. The average molecular weight is 142 g/mol. The first-order chi connectivity index (χ1) is 4.81. The molecule has 0 aliphatic heterocycles. The van der Waals surface area contributed by atoms with E-state index in [0.717, 1.165) is 19.1 Å². The fraction of sp³-hybridized carbons (Fsp3) is 0.625. The molecule has 0 heterocycles. The Morgan fingerprint density at radius 2 is 2.30 bits per heavy atom. The highest BCUT2D eigenvalue weighted by Gasteiger charge is 1.86. The molecule has 0 aromatic carbocycles. The number of aldehydes is 1. The van der Waals surface area contributed by atoms with E-state index in [1.807, 2.05) is 0 Å². The molecule has 0 radical (unpaired) electrons. The summed E-state index contributed by atoms with van der Waals surface area (Å²) in [6.45, 7) is 4.60. The third kappa shape index (κ3) is 5.35. The quantitative estimate of drug-likeness (QED) is 0.253. The van der Waals surface area contributed by atoms with Crippen LogP contribution in [0.4, 0.5) is 0 Å². The first kappa shape index (κ1) is 9.21. The van der Waals surface area contributed by atoms with Gasteiger partial charge in [-0.15, -0.1) is 0 Å². The average Bonchev–Trinajstić information content (AvgIpc) is 1.89. The van der Waals surface area contributed by atoms with Crippen molar-refractivity contribution in [3.05, 3.63) is 11.8 Å². The minimum absolute atomic E-state index is 0.698. The van der Waals surface area contributed by atoms with Crippen molar-refractivity contribution < 1.29 is 9.53 Å². The highest BCUT2D eigenvalue weighted by atomic mass is 16.5. The summed E-state index contributed by atoms with van der Waals surface area (Å²) >= 11 is 0. The monoisotopic (exact) mass is 142 g/mol. The van der Waals surface area contributed by atoms with Gasteiger partial charge in [0.15, 0.2) is 0 Å². The molecular formula is C8H14O2. The van der Waals surface area contributed by atoms with Crippen LogP contribution in [0, 0.1) is 0 Å². The van der Waals surface area contributed by atoms with Gasteiger partial charge in [0, 0.05) is 6.08 Å². The fourth-order valence-corrected chi connectivity index (χ4v) is 0.521. The largest absolute Gasteiger partial charge is 0.498 e. The number of rotatable bonds is 5. The Balaban J connectivity index is 3.29. The van der Waals surface area contributed by atoms with E-state index in [9.17, 15) is 4.79 Å². The highest BCUT2D eigenvalue weighted by molar-refractivity contribution is 5.65. The second-order valence-corrected chi connectivity index (χ2v) is 2.12. The molecule has 0 saturated heterocycles. The summed E-state index contributed by atoms with van der Waals surface area (Å²) < 4.78 is 5.15. The Hall–Kier alpha value is -0.790. The molecule has 0 aromatic heterocycles. The van der Waals surface area contributed by atoms with E-state index in [1.54, 1.807) is 6.92 Å². The second-order valence-electron chi connectivity index (χ2n) is 2.12. The molecule has 0 rings (SSSR count). The summed E-state index contributed by atoms with van der Waals surface area (Å²) in [6, 6.07) is 0. The van der Waals surface area contributed by atoms with Gasteiger partial charge in [0.05, 0.1) is 12.4 Å². The minimum atomic E-state index is 0.698. The lowest BCUT2D eigenvalue weighted by Gasteiger charge is -2.02. The lowest BCUT2D eigenvalue weighted by atomic mass is 10.4. The lowest BCUT2D eigenvalue weighted by Crippen LogP contribution is -1.91. The van der Waals surface area contributed by atoms with E-state index < -0.39 is 0 Å². The number of carbonyl (C=O) groups excluding carboxylic acids is 1. The molecule has 0 atom stereocenters. The van der Waals surface area contributed by atoms with Crippen molar-refractivity contribution in [1.82, 2.24) is 0 Å². The van der Waals surface area contributed by atoms with Gasteiger partial charge in [-0.2, -0.15) is 0 Å². The molecule has 0 bridgehead atoms. The zero-order chi connectivity index (χ0) is 7.82. The SMILES string of the molecule is CCCCOC(C)=CC=O. The van der Waals surface area contributed by atoms with E-state index in [-0.39, 0.29) is 0 Å². The number of carbonyl (C=O) groups is 1. The molecule has 0 N–H and O–H groups in total. The summed E-state index contributed by atoms with van der Waals surface area (Å²) in [7, 11) is 0. The number of hydrogen-bond acceptors (Lipinski definition) is 2. The Labute approximate surface area is 61.9 Å². The third-order valence-corrected chi connectivity index (χ3v) is 1.13. The van der Waals surface area contributed by atoms with Gasteiger partial charge in [0.2, 0.25) is 0 Å². The summed E-state index contributed by atoms with van der Waals surface area (Å²) in [5.74, 6) is 0.698. The van der Waals surface area contributed by atoms with Gasteiger partial charge in [-0.25, -0.2) is 0 Å². The Kier molecular flexibility index (Phi) is 5.83. The highest BCUT2D eigenvalue weighted by Crippen LogP contribution is 1.96. The predicted molar refractivity (Wildman–Crippen MR) is 40.7 cm³/mol. The van der Waals surface area contributed by atoms with Crippen LogP contribution in [0.25, 0.3) is 0 Å². The maximum atomic E-state index is 9.89. The summed E-state index contributed by atoms with van der Waals surface area (Å²) in [4.78, 5) is 9.89. The molecule has 0 aromatic rings. The molecule has 0 aliphatic carbocycles. The number of hydrogen-bond donors (Lipinski definition) is 0. The molecule has 2 nitrogen and oxygen atoms in total. The van der Waals surface area contributed by atoms with Crippen LogP contribution in [0.5, 0.6) is 0 Å². The zero-order valence-corrected chi connectivity index (χ0v) is 6.59. The van der Waals surface area contributed by atoms with Crippen molar-refractivity contribution in [2.45, 2.75) is 26.7 Å². The second kappa shape index (κ2) is 6.33. The van der Waals surface area contributed by atoms with Crippen molar-refractivity contribution in [3.8, 4) is 0 Å². The molecule has 0 spiro atoms. The van der Waals surface area contributed by atoms with Gasteiger partial charge in [0.25, 0.3) is 0 Å². The van der Waals surface area contributed by atoms with Crippen LogP contribution in [0.3, 0.4) is 0 Å². The smallest absolute Gasteiger partial charge is 0.146 e. The summed E-state index contributed by atoms with van der Waals surface area (Å²) in [5, 5.41) is 0. The third-order valence-electron chi connectivity index (χ3n) is 1.13. The zero-order valence-electron chi connectivity index (χ0n) is 6.59. The normalized spacial score (nSPS) is 11.2. The molecule has 10 heavy (non-hydrogen) atoms. The van der Waals surface area contributed by atoms with Gasteiger partial charge < -0.3 is 4.74 Å². The molecule has 0 unspecified atom stereocenters. The molecule has 0 amide bonds. The predicted octanol–water partition coefficient (Wildman–Crippen LogP) is 1.91. The van der Waals surface area contributed by atoms with Crippen LogP contribution < -0.4 is 0 Å². The van der Waals surface area contributed by atoms with E-state index >= 15 is 0 Å². The van der Waals surface area contributed by atoms with Crippen molar-refractivity contribution in [1.29, 1.82) is 0 Å². The maximum absolute atomic E-state index is 9.89. The maximum Gasteiger partial charge on any atom is 0.146 e. The Morgan fingerprint density at radius 3 is 2.80 bits per heavy atom. The van der Waals surface area contributed by atoms with Gasteiger partial charge in [-0.05, 0) is 13.3 Å². The van der Waals surface area contributed by atoms with E-state index in [2.05, 4.69) is 6.92 Å². The van der Waals surface area contributed by atoms with E-state index in [1.165, 1.54) is 6.08 Å². The molecule has 0 fully saturated rings. The number of allylic oxidation sites excluding steroid dienone is 2. The fourth-order valence-electron chi connectivity index (χ4n) is 0.521. The van der Waals surface area contributed by atoms with Crippen molar-refractivity contribution >= 4 is 6.29 Å². The van der Waals surface area contributed by atoms with Crippen LogP contribution >= 0.6 is 0 Å². The standard InChI is InChI=1S/C8H14O2/c1-3-4-7-10-8(2)5-6-9/h5-6H,3-4,7H2,1-2H3. The lowest BCUT2D eigenvalue weighted by molar-refractivity contribution is -0.104. The Morgan fingerprint density at radius 1 is 1.60 bits per heavy atom. The first-order valence-electron chi connectivity index (χ1n) is 3.56. The molecular weight excluding hydrogens is 128 g/mol. The van der Waals surface area contributed by atoms with Gasteiger partial charge >= 0.3 is 0 Å². The molecule has 58 valence electrons. The van der Waals surface area contributed by atoms with E-state index in [4.69, 9.17) is 4.74 Å². The van der Waals surface area contributed by atoms with Crippen LogP contribution in [-0.2, 0) is 9.53 Å². The van der Waals surface area contributed by atoms with Gasteiger partial charge in [0.1, 0.15) is 6.29 Å². The number of ether oxygens (including phenoxy) is 1. The van der Waals surface area contributed by atoms with Crippen molar-refractivity contribution in [2.75, 3.05) is 6.61 Å². The summed E-state index contributed by atoms with van der Waals surface area (Å²) in [5.41, 5.74) is 0.